The number of halogens is 1. The maximum absolute atomic E-state index is 15.2. The van der Waals surface area contributed by atoms with Crippen LogP contribution >= 0.6 is 0 Å². The largest absolute Gasteiger partial charge is 0.453 e. The highest BCUT2D eigenvalue weighted by Gasteiger charge is 2.28. The maximum atomic E-state index is 15.2. The minimum absolute atomic E-state index is 0.0171. The number of carbonyl (C=O) groups excluding carboxylic acids is 2. The molecular formula is C22H24FN5O3. The van der Waals surface area contributed by atoms with Gasteiger partial charge in [-0.05, 0) is 25.1 Å². The fourth-order valence-corrected chi connectivity index (χ4v) is 3.37. The molecule has 3 rings (SSSR count). The molecule has 0 unspecified atom stereocenters. The number of urea groups is 1. The van der Waals surface area contributed by atoms with Crippen LogP contribution in [0.15, 0.2) is 36.5 Å². The van der Waals surface area contributed by atoms with Gasteiger partial charge < -0.3 is 20.3 Å². The third-order valence-corrected chi connectivity index (χ3v) is 5.01. The minimum Gasteiger partial charge on any atom is -0.453 e. The quantitative estimate of drug-likeness (QED) is 0.735. The molecule has 1 aromatic heterocycles. The summed E-state index contributed by atoms with van der Waals surface area (Å²) in [5.41, 5.74) is 1.61. The summed E-state index contributed by atoms with van der Waals surface area (Å²) in [6, 6.07) is 6.94. The summed E-state index contributed by atoms with van der Waals surface area (Å²) in [5.74, 6) is 2.03. The molecule has 0 radical (unpaired) electrons. The number of amides is 3. The Kier molecular flexibility index (Phi) is 7.05. The topological polar surface area (TPSA) is 86.8 Å². The number of nitrogens with one attached hydrogen (secondary N) is 2. The van der Waals surface area contributed by atoms with Crippen molar-refractivity contribution in [1.82, 2.24) is 14.8 Å². The first-order valence-corrected chi connectivity index (χ1v) is 9.75. The number of terminal acetylenes is 1. The van der Waals surface area contributed by atoms with E-state index in [0.29, 0.717) is 31.9 Å². The van der Waals surface area contributed by atoms with E-state index in [1.54, 1.807) is 29.2 Å². The van der Waals surface area contributed by atoms with Crippen LogP contribution in [0.4, 0.5) is 25.4 Å². The van der Waals surface area contributed by atoms with Gasteiger partial charge >= 0.3 is 12.1 Å². The Hall–Kier alpha value is -3.64. The smallest absolute Gasteiger partial charge is 0.409 e. The Balaban J connectivity index is 1.70. The molecule has 1 fully saturated rings. The second kappa shape index (κ2) is 9.91. The highest BCUT2D eigenvalue weighted by Crippen LogP contribution is 2.28. The Morgan fingerprint density at radius 1 is 1.19 bits per heavy atom. The molecule has 9 heteroatoms. The lowest BCUT2D eigenvalue weighted by Gasteiger charge is -2.37. The SMILES string of the molecule is C#C[C@@H](c1cccc(NC(=O)Nc2ccc(C)nc2)c1F)N1CCN(C(=O)OC)CC1. The molecule has 8 nitrogen and oxygen atoms in total. The van der Waals surface area contributed by atoms with E-state index < -0.39 is 24.0 Å². The highest BCUT2D eigenvalue weighted by molar-refractivity contribution is 5.99. The molecule has 2 aromatic rings. The van der Waals surface area contributed by atoms with Gasteiger partial charge in [-0.3, -0.25) is 9.88 Å². The Labute approximate surface area is 180 Å². The normalized spacial score (nSPS) is 15.0. The van der Waals surface area contributed by atoms with Crippen LogP contribution in [0, 0.1) is 25.1 Å². The zero-order valence-electron chi connectivity index (χ0n) is 17.4. The molecule has 162 valence electrons. The molecule has 2 heterocycles. The standard InChI is InChI=1S/C22H24FN5O3/c1-4-19(27-10-12-28(13-11-27)22(30)31-3)17-6-5-7-18(20(17)23)26-21(29)25-16-9-8-15(2)24-14-16/h1,5-9,14,19H,10-13H2,2-3H3,(H2,25,26,29)/t19-/m0/s1. The molecule has 0 bridgehead atoms. The lowest BCUT2D eigenvalue weighted by atomic mass is 10.0. The second-order valence-electron chi connectivity index (χ2n) is 7.04. The van der Waals surface area contributed by atoms with Gasteiger partial charge in [0.05, 0.1) is 30.7 Å². The third kappa shape index (κ3) is 5.29. The second-order valence-corrected chi connectivity index (χ2v) is 7.04. The van der Waals surface area contributed by atoms with Crippen LogP contribution in [-0.4, -0.2) is 60.2 Å². The first kappa shape index (κ1) is 22.1. The van der Waals surface area contributed by atoms with Crippen LogP contribution in [0.1, 0.15) is 17.3 Å². The number of hydrogen-bond donors (Lipinski definition) is 2. The van der Waals surface area contributed by atoms with Crippen molar-refractivity contribution in [2.75, 3.05) is 43.9 Å². The number of rotatable bonds is 4. The lowest BCUT2D eigenvalue weighted by molar-refractivity contribution is 0.0832. The molecule has 2 N–H and O–H groups in total. The van der Waals surface area contributed by atoms with Crippen LogP contribution in [-0.2, 0) is 4.74 Å². The van der Waals surface area contributed by atoms with E-state index in [1.165, 1.54) is 19.4 Å². The van der Waals surface area contributed by atoms with Crippen LogP contribution in [0.25, 0.3) is 0 Å². The summed E-state index contributed by atoms with van der Waals surface area (Å²) in [6.07, 6.45) is 6.84. The molecular weight excluding hydrogens is 401 g/mol. The summed E-state index contributed by atoms with van der Waals surface area (Å²) in [6.45, 7) is 3.64. The number of aryl methyl sites for hydroxylation is 1. The van der Waals surface area contributed by atoms with E-state index in [4.69, 9.17) is 11.2 Å². The van der Waals surface area contributed by atoms with Crippen LogP contribution in [0.3, 0.4) is 0 Å². The molecule has 1 aliphatic heterocycles. The van der Waals surface area contributed by atoms with Gasteiger partial charge in [-0.1, -0.05) is 18.1 Å². The van der Waals surface area contributed by atoms with Crippen LogP contribution in [0.5, 0.6) is 0 Å². The first-order valence-electron chi connectivity index (χ1n) is 9.75. The van der Waals surface area contributed by atoms with E-state index >= 15 is 4.39 Å². The average molecular weight is 425 g/mol. The predicted molar refractivity (Wildman–Crippen MR) is 115 cm³/mol. The van der Waals surface area contributed by atoms with Crippen molar-refractivity contribution >= 4 is 23.5 Å². The van der Waals surface area contributed by atoms with Gasteiger partial charge in [0.25, 0.3) is 0 Å². The Morgan fingerprint density at radius 3 is 2.55 bits per heavy atom. The van der Waals surface area contributed by atoms with E-state index in [-0.39, 0.29) is 11.3 Å². The monoisotopic (exact) mass is 425 g/mol. The summed E-state index contributed by atoms with van der Waals surface area (Å²) in [4.78, 5) is 31.5. The van der Waals surface area contributed by atoms with Crippen molar-refractivity contribution < 1.29 is 18.7 Å². The summed E-state index contributed by atoms with van der Waals surface area (Å²) >= 11 is 0. The van der Waals surface area contributed by atoms with E-state index in [2.05, 4.69) is 21.5 Å². The van der Waals surface area contributed by atoms with Crippen molar-refractivity contribution in [3.05, 3.63) is 53.6 Å². The summed E-state index contributed by atoms with van der Waals surface area (Å²) < 4.78 is 19.9. The minimum atomic E-state index is -0.633. The molecule has 1 saturated heterocycles. The zero-order chi connectivity index (χ0) is 22.4. The summed E-state index contributed by atoms with van der Waals surface area (Å²) in [5, 5.41) is 5.13. The molecule has 1 aliphatic rings. The molecule has 0 aliphatic carbocycles. The molecule has 0 spiro atoms. The van der Waals surface area contributed by atoms with Gasteiger partial charge in [0.2, 0.25) is 0 Å². The third-order valence-electron chi connectivity index (χ3n) is 5.01. The van der Waals surface area contributed by atoms with Gasteiger partial charge in [-0.15, -0.1) is 6.42 Å². The van der Waals surface area contributed by atoms with Crippen molar-refractivity contribution in [3.63, 3.8) is 0 Å². The Bertz CT molecular complexity index is 982. The van der Waals surface area contributed by atoms with Crippen molar-refractivity contribution in [1.29, 1.82) is 0 Å². The van der Waals surface area contributed by atoms with E-state index in [1.807, 2.05) is 11.8 Å². The van der Waals surface area contributed by atoms with E-state index in [0.717, 1.165) is 5.69 Å². The number of anilines is 2. The number of carbonyl (C=O) groups is 2. The average Bonchev–Trinajstić information content (AvgIpc) is 2.78. The van der Waals surface area contributed by atoms with E-state index in [9.17, 15) is 9.59 Å². The van der Waals surface area contributed by atoms with Crippen molar-refractivity contribution in [2.45, 2.75) is 13.0 Å². The highest BCUT2D eigenvalue weighted by atomic mass is 19.1. The van der Waals surface area contributed by atoms with Crippen molar-refractivity contribution in [3.8, 4) is 12.3 Å². The fourth-order valence-electron chi connectivity index (χ4n) is 3.37. The number of nitrogens with zero attached hydrogens (tertiary/aromatic N) is 3. The van der Waals surface area contributed by atoms with Gasteiger partial charge in [0.15, 0.2) is 5.82 Å². The number of pyridine rings is 1. The number of piperazine rings is 1. The first-order chi connectivity index (χ1) is 14.9. The van der Waals surface area contributed by atoms with Gasteiger partial charge in [0, 0.05) is 37.4 Å². The number of benzene rings is 1. The molecule has 1 atom stereocenters. The van der Waals surface area contributed by atoms with Gasteiger partial charge in [0.1, 0.15) is 0 Å². The number of methoxy groups -OCH3 is 1. The predicted octanol–water partition coefficient (Wildman–Crippen LogP) is 3.23. The van der Waals surface area contributed by atoms with Gasteiger partial charge in [-0.2, -0.15) is 0 Å². The van der Waals surface area contributed by atoms with Crippen molar-refractivity contribution in [2.24, 2.45) is 0 Å². The van der Waals surface area contributed by atoms with Crippen LogP contribution in [0.2, 0.25) is 0 Å². The molecule has 31 heavy (non-hydrogen) atoms. The number of hydrogen-bond acceptors (Lipinski definition) is 5. The van der Waals surface area contributed by atoms with Crippen LogP contribution < -0.4 is 10.6 Å². The maximum Gasteiger partial charge on any atom is 0.409 e. The molecule has 0 saturated carbocycles. The zero-order valence-corrected chi connectivity index (χ0v) is 17.4. The fraction of sp³-hybridized carbons (Fsp3) is 0.318. The molecule has 1 aromatic carbocycles. The lowest BCUT2D eigenvalue weighted by Crippen LogP contribution is -2.49. The number of ether oxygens (including phenoxy) is 1. The Morgan fingerprint density at radius 2 is 1.94 bits per heavy atom. The molecule has 3 amide bonds. The van der Waals surface area contributed by atoms with Gasteiger partial charge in [-0.25, -0.2) is 14.0 Å². The summed E-state index contributed by atoms with van der Waals surface area (Å²) in [7, 11) is 1.33. The number of aromatic nitrogens is 1.